The third kappa shape index (κ3) is 3.67. The van der Waals surface area contributed by atoms with Crippen LogP contribution in [0.1, 0.15) is 6.92 Å². The molecule has 0 heterocycles. The molecule has 0 saturated carbocycles. The number of carbonyl (C=O) groups is 2. The van der Waals surface area contributed by atoms with E-state index in [9.17, 15) is 9.59 Å². The average Bonchev–Trinajstić information content (AvgIpc) is 1.88. The highest BCUT2D eigenvalue weighted by atomic mass is 79.9. The Morgan fingerprint density at radius 3 is 2.36 bits per heavy atom. The molecular weight excluding hydrogens is 280 g/mol. The smallest absolute Gasteiger partial charge is 0.343 e. The Morgan fingerprint density at radius 1 is 1.55 bits per heavy atom. The molecule has 11 heavy (non-hydrogen) atoms. The normalized spacial score (nSPS) is 8.64. The van der Waals surface area contributed by atoms with Crippen molar-refractivity contribution in [3.05, 3.63) is 8.96 Å². The number of carbonyl (C=O) groups excluding carboxylic acids is 2. The monoisotopic (exact) mass is 284 g/mol. The summed E-state index contributed by atoms with van der Waals surface area (Å²) in [5.74, 6) is -0.633. The van der Waals surface area contributed by atoms with Crippen LogP contribution in [0.2, 0.25) is 0 Å². The van der Waals surface area contributed by atoms with Crippen molar-refractivity contribution < 1.29 is 14.3 Å². The van der Waals surface area contributed by atoms with Crippen LogP contribution in [0.5, 0.6) is 0 Å². The molecule has 0 amide bonds. The molecule has 0 aromatic carbocycles. The van der Waals surface area contributed by atoms with Gasteiger partial charge in [0, 0.05) is 0 Å². The summed E-state index contributed by atoms with van der Waals surface area (Å²) >= 11 is 5.87. The van der Waals surface area contributed by atoms with Gasteiger partial charge in [-0.25, -0.2) is 4.79 Å². The van der Waals surface area contributed by atoms with Gasteiger partial charge in [-0.3, -0.25) is 4.79 Å². The summed E-state index contributed by atoms with van der Waals surface area (Å²) in [5.41, 5.74) is -0.0492. The average molecular weight is 286 g/mol. The number of hydrogen-bond acceptors (Lipinski definition) is 3. The van der Waals surface area contributed by atoms with E-state index in [1.165, 1.54) is 0 Å². The molecule has 0 rings (SSSR count). The predicted molar refractivity (Wildman–Crippen MR) is 47.6 cm³/mol. The molecule has 0 radical (unpaired) electrons. The van der Waals surface area contributed by atoms with E-state index in [1.54, 1.807) is 6.92 Å². The van der Waals surface area contributed by atoms with Crippen LogP contribution in [0.3, 0.4) is 0 Å². The first-order valence-corrected chi connectivity index (χ1v) is 4.39. The molecule has 0 aromatic heterocycles. The van der Waals surface area contributed by atoms with Crippen molar-refractivity contribution in [2.75, 3.05) is 6.61 Å². The summed E-state index contributed by atoms with van der Waals surface area (Å²) < 4.78 is 4.87. The Labute approximate surface area is 81.0 Å². The number of esters is 1. The largest absolute Gasteiger partial charge is 0.462 e. The zero-order chi connectivity index (χ0) is 8.85. The summed E-state index contributed by atoms with van der Waals surface area (Å²) in [6.07, 6.45) is 0.427. The van der Waals surface area contributed by atoms with Crippen LogP contribution in [0.4, 0.5) is 0 Å². The van der Waals surface area contributed by atoms with E-state index < -0.39 is 5.97 Å². The fraction of sp³-hybridized carbons (Fsp3) is 0.333. The van der Waals surface area contributed by atoms with Crippen LogP contribution in [-0.2, 0) is 14.3 Å². The Morgan fingerprint density at radius 2 is 2.09 bits per heavy atom. The van der Waals surface area contributed by atoms with Crippen LogP contribution in [0.25, 0.3) is 0 Å². The van der Waals surface area contributed by atoms with Crippen LogP contribution < -0.4 is 0 Å². The number of ether oxygens (including phenoxy) is 1. The van der Waals surface area contributed by atoms with Gasteiger partial charge in [0.25, 0.3) is 0 Å². The molecule has 0 atom stereocenters. The maximum Gasteiger partial charge on any atom is 0.343 e. The lowest BCUT2D eigenvalue weighted by atomic mass is 10.3. The van der Waals surface area contributed by atoms with E-state index in [2.05, 4.69) is 36.6 Å². The molecule has 5 heteroatoms. The Bertz CT molecular complexity index is 194. The van der Waals surface area contributed by atoms with Crippen LogP contribution in [0.15, 0.2) is 8.96 Å². The number of hydrogen-bond donors (Lipinski definition) is 0. The van der Waals surface area contributed by atoms with E-state index in [0.29, 0.717) is 9.68 Å². The first kappa shape index (κ1) is 10.8. The highest BCUT2D eigenvalue weighted by Crippen LogP contribution is 2.18. The van der Waals surface area contributed by atoms with E-state index in [-0.39, 0.29) is 12.2 Å². The molecule has 0 aliphatic carbocycles. The van der Waals surface area contributed by atoms with Crippen molar-refractivity contribution in [2.24, 2.45) is 0 Å². The van der Waals surface area contributed by atoms with Gasteiger partial charge < -0.3 is 4.74 Å². The van der Waals surface area contributed by atoms with Crippen LogP contribution in [-0.4, -0.2) is 18.9 Å². The minimum atomic E-state index is -0.633. The summed E-state index contributed by atoms with van der Waals surface area (Å²) in [6, 6.07) is 0. The maximum atomic E-state index is 10.8. The van der Waals surface area contributed by atoms with Gasteiger partial charge in [-0.1, -0.05) is 0 Å². The third-order valence-electron chi connectivity index (χ3n) is 0.817. The highest BCUT2D eigenvalue weighted by Gasteiger charge is 2.12. The Kier molecular flexibility index (Phi) is 5.41. The second-order valence-electron chi connectivity index (χ2n) is 1.51. The Balaban J connectivity index is 4.40. The van der Waals surface area contributed by atoms with E-state index in [4.69, 9.17) is 0 Å². The van der Waals surface area contributed by atoms with Gasteiger partial charge in [-0.15, -0.1) is 0 Å². The summed E-state index contributed by atoms with van der Waals surface area (Å²) in [4.78, 5) is 21.1. The van der Waals surface area contributed by atoms with Crippen molar-refractivity contribution in [3.8, 4) is 0 Å². The van der Waals surface area contributed by atoms with Crippen molar-refractivity contribution in [1.29, 1.82) is 0 Å². The van der Waals surface area contributed by atoms with Gasteiger partial charge in [0.15, 0.2) is 6.29 Å². The fourth-order valence-corrected chi connectivity index (χ4v) is 0.889. The zero-order valence-electron chi connectivity index (χ0n) is 5.77. The van der Waals surface area contributed by atoms with E-state index in [0.717, 1.165) is 0 Å². The summed E-state index contributed by atoms with van der Waals surface area (Å²) in [7, 11) is 0. The van der Waals surface area contributed by atoms with Gasteiger partial charge in [-0.05, 0) is 38.8 Å². The Hall–Kier alpha value is -0.160. The molecule has 62 valence electrons. The predicted octanol–water partition coefficient (Wildman–Crippen LogP) is 1.75. The second-order valence-corrected chi connectivity index (χ2v) is 4.16. The fourth-order valence-electron chi connectivity index (χ4n) is 0.379. The molecule has 0 aliphatic rings. The van der Waals surface area contributed by atoms with Crippen LogP contribution in [0, 0.1) is 0 Å². The molecule has 0 spiro atoms. The highest BCUT2D eigenvalue weighted by molar-refractivity contribution is 9.28. The standard InChI is InChI=1S/C6H6Br2O3/c1-2-11-6(10)4(3-9)5(7)8/h3H,2H2,1H3. The quantitative estimate of drug-likeness (QED) is 0.261. The van der Waals surface area contributed by atoms with Crippen LogP contribution >= 0.6 is 31.9 Å². The minimum absolute atomic E-state index is 0.0492. The molecule has 0 saturated heterocycles. The van der Waals surface area contributed by atoms with Gasteiger partial charge >= 0.3 is 5.97 Å². The molecule has 0 aromatic rings. The maximum absolute atomic E-state index is 10.8. The van der Waals surface area contributed by atoms with Crippen molar-refractivity contribution >= 4 is 44.1 Å². The van der Waals surface area contributed by atoms with Crippen molar-refractivity contribution in [1.82, 2.24) is 0 Å². The molecule has 0 fully saturated rings. The minimum Gasteiger partial charge on any atom is -0.462 e. The second kappa shape index (κ2) is 5.49. The molecule has 0 bridgehead atoms. The molecular formula is C6H6Br2O3. The van der Waals surface area contributed by atoms with Crippen molar-refractivity contribution in [2.45, 2.75) is 6.92 Å². The summed E-state index contributed by atoms with van der Waals surface area (Å²) in [6.45, 7) is 1.92. The zero-order valence-corrected chi connectivity index (χ0v) is 8.94. The SMILES string of the molecule is CCOC(=O)C(C=O)=C(Br)Br. The topological polar surface area (TPSA) is 43.4 Å². The number of halogens is 2. The number of aldehydes is 1. The van der Waals surface area contributed by atoms with Gasteiger partial charge in [0.05, 0.1) is 10.00 Å². The van der Waals surface area contributed by atoms with Gasteiger partial charge in [0.2, 0.25) is 0 Å². The molecule has 0 aliphatic heterocycles. The summed E-state index contributed by atoms with van der Waals surface area (Å²) in [5, 5.41) is 0. The van der Waals surface area contributed by atoms with Gasteiger partial charge in [0.1, 0.15) is 5.57 Å². The molecule has 0 unspecified atom stereocenters. The number of rotatable bonds is 3. The molecule has 3 nitrogen and oxygen atoms in total. The molecule has 0 N–H and O–H groups in total. The lowest BCUT2D eigenvalue weighted by molar-refractivity contribution is -0.139. The van der Waals surface area contributed by atoms with E-state index in [1.807, 2.05) is 0 Å². The van der Waals surface area contributed by atoms with Crippen molar-refractivity contribution in [3.63, 3.8) is 0 Å². The lowest BCUT2D eigenvalue weighted by Gasteiger charge is -1.99. The van der Waals surface area contributed by atoms with E-state index >= 15 is 0 Å². The first-order valence-electron chi connectivity index (χ1n) is 2.81. The first-order chi connectivity index (χ1) is 5.13. The van der Waals surface area contributed by atoms with Gasteiger partial charge in [-0.2, -0.15) is 0 Å². The third-order valence-corrected chi connectivity index (χ3v) is 1.67. The lowest BCUT2D eigenvalue weighted by Crippen LogP contribution is -2.08.